The molecule has 3 atom stereocenters. The van der Waals surface area contributed by atoms with E-state index in [9.17, 15) is 0 Å². The van der Waals surface area contributed by atoms with Crippen LogP contribution in [-0.4, -0.2) is 12.2 Å². The molecule has 0 N–H and O–H groups in total. The van der Waals surface area contributed by atoms with Gasteiger partial charge in [-0.25, -0.2) is 0 Å². The van der Waals surface area contributed by atoms with Gasteiger partial charge in [0.05, 0.1) is 12.2 Å². The fourth-order valence-electron chi connectivity index (χ4n) is 3.36. The van der Waals surface area contributed by atoms with Crippen LogP contribution in [0.4, 0.5) is 0 Å². The second kappa shape index (κ2) is 6.41. The third-order valence-electron chi connectivity index (χ3n) is 4.23. The van der Waals surface area contributed by atoms with Gasteiger partial charge in [-0.05, 0) is 62.7 Å². The van der Waals surface area contributed by atoms with Crippen molar-refractivity contribution in [2.45, 2.75) is 86.4 Å². The standard InChI is InChI=1S/C17H34O/c1-12(2)14-8-9-15(11-17(5,6)7)16(10-14)18-13(3)4/h12-16H,8-11H2,1-7H3. The summed E-state index contributed by atoms with van der Waals surface area (Å²) in [4.78, 5) is 0. The molecule has 1 nitrogen and oxygen atoms in total. The van der Waals surface area contributed by atoms with Crippen LogP contribution in [0.3, 0.4) is 0 Å². The van der Waals surface area contributed by atoms with E-state index in [1.165, 1.54) is 25.7 Å². The summed E-state index contributed by atoms with van der Waals surface area (Å²) in [7, 11) is 0. The van der Waals surface area contributed by atoms with E-state index < -0.39 is 0 Å². The Morgan fingerprint density at radius 1 is 1.06 bits per heavy atom. The lowest BCUT2D eigenvalue weighted by Gasteiger charge is -2.41. The van der Waals surface area contributed by atoms with E-state index in [1.807, 2.05) is 0 Å². The van der Waals surface area contributed by atoms with Gasteiger partial charge < -0.3 is 4.74 Å². The van der Waals surface area contributed by atoms with Gasteiger partial charge >= 0.3 is 0 Å². The summed E-state index contributed by atoms with van der Waals surface area (Å²) in [5.74, 6) is 2.44. The minimum absolute atomic E-state index is 0.364. The van der Waals surface area contributed by atoms with Crippen LogP contribution in [0.1, 0.15) is 74.1 Å². The van der Waals surface area contributed by atoms with Gasteiger partial charge in [-0.2, -0.15) is 0 Å². The smallest absolute Gasteiger partial charge is 0.0609 e. The molecule has 1 rings (SSSR count). The van der Waals surface area contributed by atoms with Gasteiger partial charge in [-0.15, -0.1) is 0 Å². The molecular weight excluding hydrogens is 220 g/mol. The Labute approximate surface area is 115 Å². The molecule has 3 unspecified atom stereocenters. The van der Waals surface area contributed by atoms with E-state index >= 15 is 0 Å². The van der Waals surface area contributed by atoms with Crippen molar-refractivity contribution in [1.29, 1.82) is 0 Å². The molecular formula is C17H34O. The number of hydrogen-bond acceptors (Lipinski definition) is 1. The molecule has 0 aromatic carbocycles. The van der Waals surface area contributed by atoms with Crippen LogP contribution in [0.2, 0.25) is 0 Å². The van der Waals surface area contributed by atoms with E-state index in [4.69, 9.17) is 4.74 Å². The van der Waals surface area contributed by atoms with E-state index in [1.54, 1.807) is 0 Å². The highest BCUT2D eigenvalue weighted by Crippen LogP contribution is 2.40. The van der Waals surface area contributed by atoms with Gasteiger partial charge in [0.25, 0.3) is 0 Å². The predicted molar refractivity (Wildman–Crippen MR) is 79.8 cm³/mol. The van der Waals surface area contributed by atoms with Gasteiger partial charge in [0.1, 0.15) is 0 Å². The molecule has 0 aromatic rings. The van der Waals surface area contributed by atoms with Gasteiger partial charge in [0, 0.05) is 0 Å². The highest BCUT2D eigenvalue weighted by Gasteiger charge is 2.34. The van der Waals surface area contributed by atoms with Crippen LogP contribution in [0.25, 0.3) is 0 Å². The maximum Gasteiger partial charge on any atom is 0.0609 e. The molecule has 108 valence electrons. The van der Waals surface area contributed by atoms with Gasteiger partial charge in [-0.3, -0.25) is 0 Å². The Balaban J connectivity index is 2.65. The van der Waals surface area contributed by atoms with E-state index in [-0.39, 0.29) is 0 Å². The Morgan fingerprint density at radius 3 is 2.11 bits per heavy atom. The Kier molecular flexibility index (Phi) is 5.70. The van der Waals surface area contributed by atoms with Crippen molar-refractivity contribution in [3.63, 3.8) is 0 Å². The highest BCUT2D eigenvalue weighted by molar-refractivity contribution is 4.85. The first-order chi connectivity index (χ1) is 8.19. The third-order valence-corrected chi connectivity index (χ3v) is 4.23. The quantitative estimate of drug-likeness (QED) is 0.662. The molecule has 1 aliphatic carbocycles. The monoisotopic (exact) mass is 254 g/mol. The molecule has 0 saturated heterocycles. The van der Waals surface area contributed by atoms with Crippen LogP contribution >= 0.6 is 0 Å². The zero-order valence-electron chi connectivity index (χ0n) is 13.6. The van der Waals surface area contributed by atoms with Crippen molar-refractivity contribution in [1.82, 2.24) is 0 Å². The molecule has 18 heavy (non-hydrogen) atoms. The second-order valence-electron chi connectivity index (χ2n) is 8.07. The van der Waals surface area contributed by atoms with E-state index in [2.05, 4.69) is 48.5 Å². The molecule has 0 radical (unpaired) electrons. The lowest BCUT2D eigenvalue weighted by Crippen LogP contribution is -2.37. The van der Waals surface area contributed by atoms with Crippen molar-refractivity contribution in [3.8, 4) is 0 Å². The molecule has 0 aliphatic heterocycles. The summed E-state index contributed by atoms with van der Waals surface area (Å²) in [6.07, 6.45) is 6.19. The first kappa shape index (κ1) is 16.0. The van der Waals surface area contributed by atoms with Crippen molar-refractivity contribution < 1.29 is 4.74 Å². The summed E-state index contributed by atoms with van der Waals surface area (Å²) < 4.78 is 6.23. The van der Waals surface area contributed by atoms with Crippen LogP contribution in [0.15, 0.2) is 0 Å². The molecule has 0 aromatic heterocycles. The number of hydrogen-bond donors (Lipinski definition) is 0. The summed E-state index contributed by atoms with van der Waals surface area (Å²) >= 11 is 0. The van der Waals surface area contributed by atoms with Gasteiger partial charge in [-0.1, -0.05) is 34.6 Å². The Bertz CT molecular complexity index is 236. The molecule has 1 aliphatic rings. The van der Waals surface area contributed by atoms with E-state index in [0.29, 0.717) is 17.6 Å². The van der Waals surface area contributed by atoms with E-state index in [0.717, 1.165) is 17.8 Å². The third kappa shape index (κ3) is 5.30. The summed E-state index contributed by atoms with van der Waals surface area (Å²) in [6, 6.07) is 0. The second-order valence-corrected chi connectivity index (χ2v) is 8.07. The summed E-state index contributed by atoms with van der Waals surface area (Å²) in [5.41, 5.74) is 0.425. The molecule has 1 heteroatoms. The Hall–Kier alpha value is -0.0400. The maximum atomic E-state index is 6.23. The number of ether oxygens (including phenoxy) is 1. The fraction of sp³-hybridized carbons (Fsp3) is 1.00. The van der Waals surface area contributed by atoms with Gasteiger partial charge in [0.2, 0.25) is 0 Å². The van der Waals surface area contributed by atoms with Crippen molar-refractivity contribution in [2.24, 2.45) is 23.2 Å². The lowest BCUT2D eigenvalue weighted by molar-refractivity contribution is -0.0710. The van der Waals surface area contributed by atoms with Crippen molar-refractivity contribution >= 4 is 0 Å². The van der Waals surface area contributed by atoms with Gasteiger partial charge in [0.15, 0.2) is 0 Å². The Morgan fingerprint density at radius 2 is 1.67 bits per heavy atom. The number of rotatable bonds is 4. The topological polar surface area (TPSA) is 9.23 Å². The average Bonchev–Trinajstić information content (AvgIpc) is 2.17. The zero-order valence-corrected chi connectivity index (χ0v) is 13.6. The molecule has 1 saturated carbocycles. The SMILES string of the molecule is CC(C)OC1CC(C(C)C)CCC1CC(C)(C)C. The molecule has 0 amide bonds. The van der Waals surface area contributed by atoms with Crippen molar-refractivity contribution in [2.75, 3.05) is 0 Å². The zero-order chi connectivity index (χ0) is 13.9. The summed E-state index contributed by atoms with van der Waals surface area (Å²) in [5, 5.41) is 0. The molecule has 0 heterocycles. The van der Waals surface area contributed by atoms with Crippen LogP contribution in [-0.2, 0) is 4.74 Å². The maximum absolute atomic E-state index is 6.23. The molecule has 0 bridgehead atoms. The predicted octanol–water partition coefficient (Wildman–Crippen LogP) is 5.29. The minimum atomic E-state index is 0.364. The first-order valence-electron chi connectivity index (χ1n) is 7.84. The van der Waals surface area contributed by atoms with Crippen LogP contribution in [0.5, 0.6) is 0 Å². The minimum Gasteiger partial charge on any atom is -0.375 e. The average molecular weight is 254 g/mol. The fourth-order valence-corrected chi connectivity index (χ4v) is 3.36. The van der Waals surface area contributed by atoms with Crippen LogP contribution < -0.4 is 0 Å². The summed E-state index contributed by atoms with van der Waals surface area (Å²) in [6.45, 7) is 16.1. The largest absolute Gasteiger partial charge is 0.375 e. The first-order valence-corrected chi connectivity index (χ1v) is 7.84. The molecule has 1 fully saturated rings. The lowest BCUT2D eigenvalue weighted by atomic mass is 9.70. The molecule has 0 spiro atoms. The van der Waals surface area contributed by atoms with Crippen LogP contribution in [0, 0.1) is 23.2 Å². The normalized spacial score (nSPS) is 30.2. The van der Waals surface area contributed by atoms with Crippen molar-refractivity contribution in [3.05, 3.63) is 0 Å². The highest BCUT2D eigenvalue weighted by atomic mass is 16.5.